The van der Waals surface area contributed by atoms with Crippen molar-refractivity contribution in [3.05, 3.63) is 27.6 Å². The van der Waals surface area contributed by atoms with E-state index in [9.17, 15) is 4.39 Å². The van der Waals surface area contributed by atoms with Crippen LogP contribution in [-0.2, 0) is 0 Å². The third kappa shape index (κ3) is 1.32. The minimum Gasteiger partial charge on any atom is -0.504 e. The molecule has 1 aromatic carbocycles. The van der Waals surface area contributed by atoms with E-state index in [0.717, 1.165) is 6.07 Å². The maximum absolute atomic E-state index is 12.3. The second-order valence-electron chi connectivity index (χ2n) is 1.50. The molecule has 0 spiro atoms. The van der Waals surface area contributed by atoms with Crippen molar-refractivity contribution in [1.82, 2.24) is 0 Å². The molecule has 0 aliphatic carbocycles. The maximum Gasteiger partial charge on any atom is 0.166 e. The van der Waals surface area contributed by atoms with E-state index in [-0.39, 0.29) is 5.75 Å². The zero-order chi connectivity index (χ0) is 6.85. The summed E-state index contributed by atoms with van der Waals surface area (Å²) in [5.74, 6) is -0.920. The predicted molar refractivity (Wildman–Crippen MR) is 39.6 cm³/mol. The number of aromatic hydroxyl groups is 1. The molecule has 0 saturated heterocycles. The molecule has 0 unspecified atom stereocenters. The molecule has 1 aromatic rings. The van der Waals surface area contributed by atoms with Gasteiger partial charge < -0.3 is 5.11 Å². The van der Waals surface area contributed by atoms with Crippen molar-refractivity contribution in [2.45, 2.75) is 0 Å². The van der Waals surface area contributed by atoms with Gasteiger partial charge in [-0.05, 0) is 40.8 Å². The van der Waals surface area contributed by atoms with Gasteiger partial charge in [0.05, 0.1) is 3.57 Å². The van der Waals surface area contributed by atoms with Crippen molar-refractivity contribution < 1.29 is 9.50 Å². The Morgan fingerprint density at radius 1 is 1.56 bits per heavy atom. The third-order valence-electron chi connectivity index (χ3n) is 0.873. The molecule has 0 aliphatic heterocycles. The molecule has 0 aliphatic rings. The lowest BCUT2D eigenvalue weighted by molar-refractivity contribution is 0.428. The molecular formula is C6H3FIO. The Kier molecular flexibility index (Phi) is 1.90. The van der Waals surface area contributed by atoms with Gasteiger partial charge in [-0.2, -0.15) is 0 Å². The first kappa shape index (κ1) is 6.80. The maximum atomic E-state index is 12.3. The van der Waals surface area contributed by atoms with Gasteiger partial charge in [-0.15, -0.1) is 0 Å². The van der Waals surface area contributed by atoms with Crippen molar-refractivity contribution in [3.63, 3.8) is 0 Å². The van der Waals surface area contributed by atoms with Gasteiger partial charge >= 0.3 is 0 Å². The summed E-state index contributed by atoms with van der Waals surface area (Å²) in [6, 6.07) is 5.13. The highest BCUT2D eigenvalue weighted by Gasteiger charge is 2.01. The molecule has 3 heteroatoms. The molecule has 0 bridgehead atoms. The van der Waals surface area contributed by atoms with Gasteiger partial charge in [0.25, 0.3) is 0 Å². The molecule has 47 valence electrons. The number of benzene rings is 1. The fourth-order valence-corrected chi connectivity index (χ4v) is 0.876. The van der Waals surface area contributed by atoms with E-state index in [1.54, 1.807) is 0 Å². The fraction of sp³-hybridized carbons (Fsp3) is 0. The third-order valence-corrected chi connectivity index (χ3v) is 1.69. The molecule has 0 aromatic heterocycles. The molecule has 1 rings (SSSR count). The van der Waals surface area contributed by atoms with E-state index in [2.05, 4.69) is 6.07 Å². The molecule has 0 fully saturated rings. The van der Waals surface area contributed by atoms with Crippen LogP contribution in [0, 0.1) is 15.5 Å². The SMILES string of the molecule is Oc1c(F)c[c]cc1I. The molecule has 1 N–H and O–H groups in total. The molecule has 0 atom stereocenters. The highest BCUT2D eigenvalue weighted by molar-refractivity contribution is 14.1. The summed E-state index contributed by atoms with van der Waals surface area (Å²) in [5, 5.41) is 8.80. The largest absolute Gasteiger partial charge is 0.504 e. The summed E-state index contributed by atoms with van der Waals surface area (Å²) in [6.07, 6.45) is 0. The molecule has 1 radical (unpaired) electrons. The van der Waals surface area contributed by atoms with Gasteiger partial charge in [-0.3, -0.25) is 0 Å². The van der Waals surface area contributed by atoms with E-state index < -0.39 is 5.82 Å². The minimum atomic E-state index is -0.623. The van der Waals surface area contributed by atoms with Gasteiger partial charge in [0.2, 0.25) is 0 Å². The van der Waals surface area contributed by atoms with Crippen LogP contribution in [0.4, 0.5) is 4.39 Å². The first-order valence-electron chi connectivity index (χ1n) is 2.26. The highest BCUT2D eigenvalue weighted by Crippen LogP contribution is 2.21. The lowest BCUT2D eigenvalue weighted by Gasteiger charge is -1.94. The first-order valence-corrected chi connectivity index (χ1v) is 3.34. The minimum absolute atomic E-state index is 0.297. The Bertz CT molecular complexity index is 204. The average molecular weight is 237 g/mol. The van der Waals surface area contributed by atoms with Crippen LogP contribution in [0.15, 0.2) is 12.1 Å². The average Bonchev–Trinajstić information content (AvgIpc) is 1.83. The number of phenols is 1. The normalized spacial score (nSPS) is 9.56. The molecule has 9 heavy (non-hydrogen) atoms. The quantitative estimate of drug-likeness (QED) is 0.683. The standard InChI is InChI=1S/C6H3FIO/c7-4-2-1-3-5(8)6(4)9/h2-3,9H. The molecule has 0 amide bonds. The number of hydrogen-bond donors (Lipinski definition) is 1. The molecule has 1 nitrogen and oxygen atoms in total. The Morgan fingerprint density at radius 2 is 2.22 bits per heavy atom. The van der Waals surface area contributed by atoms with E-state index in [0.29, 0.717) is 3.57 Å². The zero-order valence-corrected chi connectivity index (χ0v) is 6.52. The van der Waals surface area contributed by atoms with Crippen LogP contribution in [0.3, 0.4) is 0 Å². The summed E-state index contributed by atoms with van der Waals surface area (Å²) in [5.41, 5.74) is 0. The van der Waals surface area contributed by atoms with Crippen LogP contribution in [0.1, 0.15) is 0 Å². The van der Waals surface area contributed by atoms with Crippen molar-refractivity contribution in [1.29, 1.82) is 0 Å². The van der Waals surface area contributed by atoms with E-state index >= 15 is 0 Å². The van der Waals surface area contributed by atoms with Crippen LogP contribution in [0.2, 0.25) is 0 Å². The second kappa shape index (κ2) is 2.51. The number of hydrogen-bond acceptors (Lipinski definition) is 1. The van der Waals surface area contributed by atoms with Crippen molar-refractivity contribution in [2.75, 3.05) is 0 Å². The summed E-state index contributed by atoms with van der Waals surface area (Å²) in [7, 11) is 0. The van der Waals surface area contributed by atoms with Gasteiger partial charge in [-0.1, -0.05) is 0 Å². The highest BCUT2D eigenvalue weighted by atomic mass is 127. The summed E-state index contributed by atoms with van der Waals surface area (Å²) in [6.45, 7) is 0. The number of rotatable bonds is 0. The molecule has 0 saturated carbocycles. The van der Waals surface area contributed by atoms with E-state index in [4.69, 9.17) is 5.11 Å². The van der Waals surface area contributed by atoms with Gasteiger partial charge in [0.1, 0.15) is 0 Å². The van der Waals surface area contributed by atoms with Crippen LogP contribution < -0.4 is 0 Å². The van der Waals surface area contributed by atoms with E-state index in [1.165, 1.54) is 6.07 Å². The lowest BCUT2D eigenvalue weighted by atomic mass is 10.3. The Morgan fingerprint density at radius 3 is 2.67 bits per heavy atom. The summed E-state index contributed by atoms with van der Waals surface area (Å²) >= 11 is 1.83. The first-order chi connectivity index (χ1) is 4.22. The van der Waals surface area contributed by atoms with Crippen LogP contribution in [-0.4, -0.2) is 5.11 Å². The van der Waals surface area contributed by atoms with Crippen molar-refractivity contribution >= 4 is 22.6 Å². The van der Waals surface area contributed by atoms with Crippen LogP contribution in [0.25, 0.3) is 0 Å². The van der Waals surface area contributed by atoms with Crippen LogP contribution >= 0.6 is 22.6 Å². The monoisotopic (exact) mass is 237 g/mol. The molecule has 0 heterocycles. The van der Waals surface area contributed by atoms with Gasteiger partial charge in [-0.25, -0.2) is 4.39 Å². The smallest absolute Gasteiger partial charge is 0.166 e. The van der Waals surface area contributed by atoms with Crippen molar-refractivity contribution in [3.8, 4) is 5.75 Å². The number of halogens is 2. The Hall–Kier alpha value is -0.320. The Balaban J connectivity index is 3.25. The van der Waals surface area contributed by atoms with Crippen molar-refractivity contribution in [2.24, 2.45) is 0 Å². The predicted octanol–water partition coefficient (Wildman–Crippen LogP) is 1.94. The summed E-state index contributed by atoms with van der Waals surface area (Å²) in [4.78, 5) is 0. The Labute approximate surface area is 65.7 Å². The fourth-order valence-electron chi connectivity index (χ4n) is 0.439. The van der Waals surface area contributed by atoms with Crippen LogP contribution in [0.5, 0.6) is 5.75 Å². The van der Waals surface area contributed by atoms with Gasteiger partial charge in [0.15, 0.2) is 11.6 Å². The topological polar surface area (TPSA) is 20.2 Å². The summed E-state index contributed by atoms with van der Waals surface area (Å²) < 4.78 is 12.8. The van der Waals surface area contributed by atoms with E-state index in [1.807, 2.05) is 22.6 Å². The zero-order valence-electron chi connectivity index (χ0n) is 4.36. The second-order valence-corrected chi connectivity index (χ2v) is 2.66. The van der Waals surface area contributed by atoms with Gasteiger partial charge in [0, 0.05) is 0 Å². The lowest BCUT2D eigenvalue weighted by Crippen LogP contribution is -1.77. The molecular weight excluding hydrogens is 234 g/mol. The number of phenolic OH excluding ortho intramolecular Hbond substituents is 1.